The second kappa shape index (κ2) is 8.79. The van der Waals surface area contributed by atoms with Gasteiger partial charge in [0.05, 0.1) is 6.42 Å². The molecule has 0 aromatic heterocycles. The summed E-state index contributed by atoms with van der Waals surface area (Å²) in [5.74, 6) is -1.23. The fraction of sp³-hybridized carbons (Fsp3) is 0.375. The molecule has 162 valence electrons. The van der Waals surface area contributed by atoms with E-state index in [1.165, 1.54) is 0 Å². The third-order valence-corrected chi connectivity index (χ3v) is 6.05. The minimum atomic E-state index is -1.18. The van der Waals surface area contributed by atoms with E-state index in [-0.39, 0.29) is 18.6 Å². The van der Waals surface area contributed by atoms with Crippen molar-refractivity contribution in [2.24, 2.45) is 5.92 Å². The van der Waals surface area contributed by atoms with Crippen molar-refractivity contribution < 1.29 is 24.2 Å². The van der Waals surface area contributed by atoms with Gasteiger partial charge in [-0.05, 0) is 41.0 Å². The lowest BCUT2D eigenvalue weighted by atomic mass is 9.82. The Labute approximate surface area is 180 Å². The number of aliphatic carboxylic acids is 1. The molecule has 1 saturated carbocycles. The molecule has 1 fully saturated rings. The largest absolute Gasteiger partial charge is 0.481 e. The first-order valence-electron chi connectivity index (χ1n) is 10.6. The van der Waals surface area contributed by atoms with Gasteiger partial charge in [0.15, 0.2) is 0 Å². The predicted molar refractivity (Wildman–Crippen MR) is 115 cm³/mol. The van der Waals surface area contributed by atoms with Crippen LogP contribution in [0.2, 0.25) is 0 Å². The van der Waals surface area contributed by atoms with Crippen molar-refractivity contribution in [1.29, 1.82) is 0 Å². The van der Waals surface area contributed by atoms with Crippen LogP contribution in [-0.4, -0.2) is 41.8 Å². The van der Waals surface area contributed by atoms with E-state index in [0.717, 1.165) is 35.1 Å². The maximum atomic E-state index is 12.5. The van der Waals surface area contributed by atoms with Crippen molar-refractivity contribution in [3.8, 4) is 11.1 Å². The Morgan fingerprint density at radius 2 is 1.61 bits per heavy atom. The maximum Gasteiger partial charge on any atom is 0.407 e. The second-order valence-corrected chi connectivity index (χ2v) is 8.40. The molecule has 1 unspecified atom stereocenters. The number of carboxylic acid groups (broad SMARTS) is 1. The SMILES string of the molecule is CC1CC(NC(=O)C(CC(=O)O)NC(=O)OCC2c3ccccc3-c3ccccc32)C1. The Morgan fingerprint density at radius 1 is 1.03 bits per heavy atom. The molecule has 3 N–H and O–H groups in total. The molecule has 1 atom stereocenters. The molecule has 0 bridgehead atoms. The van der Waals surface area contributed by atoms with Crippen LogP contribution in [0.15, 0.2) is 48.5 Å². The average Bonchev–Trinajstić information content (AvgIpc) is 3.04. The van der Waals surface area contributed by atoms with E-state index < -0.39 is 30.4 Å². The normalized spacial score (nSPS) is 20.0. The average molecular weight is 422 g/mol. The first-order chi connectivity index (χ1) is 14.9. The predicted octanol–water partition coefficient (Wildman–Crippen LogP) is 3.28. The molecule has 2 aromatic rings. The number of amides is 2. The smallest absolute Gasteiger partial charge is 0.407 e. The van der Waals surface area contributed by atoms with Gasteiger partial charge < -0.3 is 20.5 Å². The van der Waals surface area contributed by atoms with Crippen LogP contribution < -0.4 is 10.6 Å². The highest BCUT2D eigenvalue weighted by Gasteiger charge is 2.32. The Morgan fingerprint density at radius 3 is 2.16 bits per heavy atom. The Bertz CT molecular complexity index is 953. The molecule has 0 radical (unpaired) electrons. The lowest BCUT2D eigenvalue weighted by Gasteiger charge is -2.34. The number of hydrogen-bond acceptors (Lipinski definition) is 4. The van der Waals surface area contributed by atoms with Crippen LogP contribution in [0.3, 0.4) is 0 Å². The number of carbonyl (C=O) groups excluding carboxylic acids is 2. The van der Waals surface area contributed by atoms with Crippen molar-refractivity contribution in [2.45, 2.75) is 44.2 Å². The molecule has 0 spiro atoms. The minimum absolute atomic E-state index is 0.0307. The number of ether oxygens (including phenoxy) is 1. The van der Waals surface area contributed by atoms with Gasteiger partial charge in [-0.1, -0.05) is 55.5 Å². The van der Waals surface area contributed by atoms with Gasteiger partial charge in [0.2, 0.25) is 5.91 Å². The molecule has 7 heteroatoms. The number of carbonyl (C=O) groups is 3. The summed E-state index contributed by atoms with van der Waals surface area (Å²) in [5, 5.41) is 14.4. The highest BCUT2D eigenvalue weighted by molar-refractivity contribution is 5.89. The van der Waals surface area contributed by atoms with Crippen molar-refractivity contribution in [3.63, 3.8) is 0 Å². The van der Waals surface area contributed by atoms with E-state index in [4.69, 9.17) is 9.84 Å². The Hall–Kier alpha value is -3.35. The lowest BCUT2D eigenvalue weighted by Crippen LogP contribution is -2.53. The van der Waals surface area contributed by atoms with Crippen molar-refractivity contribution >= 4 is 18.0 Å². The van der Waals surface area contributed by atoms with Crippen LogP contribution in [0, 0.1) is 5.92 Å². The molecule has 2 aliphatic rings. The monoisotopic (exact) mass is 422 g/mol. The van der Waals surface area contributed by atoms with Crippen LogP contribution >= 0.6 is 0 Å². The van der Waals surface area contributed by atoms with Crippen LogP contribution in [0.25, 0.3) is 11.1 Å². The molecule has 4 rings (SSSR count). The van der Waals surface area contributed by atoms with Gasteiger partial charge in [-0.2, -0.15) is 0 Å². The molecule has 0 heterocycles. The molecule has 2 aromatic carbocycles. The summed E-state index contributed by atoms with van der Waals surface area (Å²) in [6, 6.07) is 14.8. The quantitative estimate of drug-likeness (QED) is 0.635. The number of benzene rings is 2. The standard InChI is InChI=1S/C24H26N2O5/c1-14-10-15(11-14)25-23(29)21(12-22(27)28)26-24(30)31-13-20-18-8-4-2-6-16(18)17-7-3-5-9-19(17)20/h2-9,14-15,20-21H,10-13H2,1H3,(H,25,29)(H,26,30)(H,27,28). The van der Waals surface area contributed by atoms with E-state index in [2.05, 4.69) is 17.6 Å². The van der Waals surface area contributed by atoms with Crippen molar-refractivity contribution in [1.82, 2.24) is 10.6 Å². The maximum absolute atomic E-state index is 12.5. The first-order valence-corrected chi connectivity index (χ1v) is 10.6. The van der Waals surface area contributed by atoms with Gasteiger partial charge in [-0.25, -0.2) is 4.79 Å². The highest BCUT2D eigenvalue weighted by Crippen LogP contribution is 2.44. The number of rotatable bonds is 7. The van der Waals surface area contributed by atoms with Crippen LogP contribution in [0.1, 0.15) is 43.2 Å². The molecule has 2 amide bonds. The fourth-order valence-electron chi connectivity index (χ4n) is 4.49. The Balaban J connectivity index is 1.39. The highest BCUT2D eigenvalue weighted by atomic mass is 16.5. The second-order valence-electron chi connectivity index (χ2n) is 8.40. The van der Waals surface area contributed by atoms with Gasteiger partial charge in [-0.15, -0.1) is 0 Å². The number of alkyl carbamates (subject to hydrolysis) is 1. The summed E-state index contributed by atoms with van der Waals surface area (Å²) in [7, 11) is 0. The van der Waals surface area contributed by atoms with Gasteiger partial charge in [0.1, 0.15) is 12.6 Å². The third kappa shape index (κ3) is 4.55. The van der Waals surface area contributed by atoms with Crippen molar-refractivity contribution in [2.75, 3.05) is 6.61 Å². The van der Waals surface area contributed by atoms with Gasteiger partial charge in [0.25, 0.3) is 0 Å². The minimum Gasteiger partial charge on any atom is -0.481 e. The van der Waals surface area contributed by atoms with Gasteiger partial charge >= 0.3 is 12.1 Å². The number of fused-ring (bicyclic) bond motifs is 3. The summed E-state index contributed by atoms with van der Waals surface area (Å²) in [6.45, 7) is 2.19. The zero-order valence-electron chi connectivity index (χ0n) is 17.3. The molecular formula is C24H26N2O5. The zero-order chi connectivity index (χ0) is 22.0. The van der Waals surface area contributed by atoms with Crippen LogP contribution in [0.4, 0.5) is 4.79 Å². The third-order valence-electron chi connectivity index (χ3n) is 6.05. The van der Waals surface area contributed by atoms with Crippen molar-refractivity contribution in [3.05, 3.63) is 59.7 Å². The topological polar surface area (TPSA) is 105 Å². The molecule has 0 saturated heterocycles. The van der Waals surface area contributed by atoms with E-state index in [1.54, 1.807) is 0 Å². The first kappa shape index (κ1) is 20.9. The lowest BCUT2D eigenvalue weighted by molar-refractivity contribution is -0.140. The van der Waals surface area contributed by atoms with Gasteiger partial charge in [-0.3, -0.25) is 9.59 Å². The van der Waals surface area contributed by atoms with Crippen LogP contribution in [-0.2, 0) is 14.3 Å². The van der Waals surface area contributed by atoms with E-state index >= 15 is 0 Å². The molecule has 7 nitrogen and oxygen atoms in total. The zero-order valence-corrected chi connectivity index (χ0v) is 17.3. The molecule has 0 aliphatic heterocycles. The summed E-state index contributed by atoms with van der Waals surface area (Å²) in [5.41, 5.74) is 4.39. The molecular weight excluding hydrogens is 396 g/mol. The van der Waals surface area contributed by atoms with E-state index in [0.29, 0.717) is 5.92 Å². The number of nitrogens with one attached hydrogen (secondary N) is 2. The summed E-state index contributed by atoms with van der Waals surface area (Å²) in [6.07, 6.45) is 0.413. The van der Waals surface area contributed by atoms with Crippen LogP contribution in [0.5, 0.6) is 0 Å². The molecule has 31 heavy (non-hydrogen) atoms. The summed E-state index contributed by atoms with van der Waals surface area (Å²) < 4.78 is 5.44. The van der Waals surface area contributed by atoms with E-state index in [9.17, 15) is 14.4 Å². The fourth-order valence-corrected chi connectivity index (χ4v) is 4.49. The summed E-state index contributed by atoms with van der Waals surface area (Å²) >= 11 is 0. The van der Waals surface area contributed by atoms with E-state index in [1.807, 2.05) is 48.5 Å². The number of carboxylic acids is 1. The Kier molecular flexibility index (Phi) is 5.93. The molecule has 2 aliphatic carbocycles. The summed E-state index contributed by atoms with van der Waals surface area (Å²) in [4.78, 5) is 36.1. The van der Waals surface area contributed by atoms with Gasteiger partial charge in [0, 0.05) is 12.0 Å². The number of hydrogen-bond donors (Lipinski definition) is 3.